The summed E-state index contributed by atoms with van der Waals surface area (Å²) in [5.41, 5.74) is 9.37. The van der Waals surface area contributed by atoms with Gasteiger partial charge in [0.2, 0.25) is 5.91 Å². The third-order valence-corrected chi connectivity index (χ3v) is 5.45. The van der Waals surface area contributed by atoms with Gasteiger partial charge in [-0.05, 0) is 41.2 Å². The predicted molar refractivity (Wildman–Crippen MR) is 132 cm³/mol. The van der Waals surface area contributed by atoms with Crippen molar-refractivity contribution in [2.24, 2.45) is 11.7 Å². The molecule has 3 aromatic rings. The fourth-order valence-corrected chi connectivity index (χ4v) is 3.39. The minimum absolute atomic E-state index is 0.0666. The Kier molecular flexibility index (Phi) is 9.48. The minimum Gasteiger partial charge on any atom is -0.489 e. The molecule has 0 aliphatic heterocycles. The summed E-state index contributed by atoms with van der Waals surface area (Å²) < 4.78 is 11.8. The Morgan fingerprint density at radius 3 is 1.97 bits per heavy atom. The van der Waals surface area contributed by atoms with Crippen LogP contribution in [0.25, 0.3) is 0 Å². The van der Waals surface area contributed by atoms with Crippen molar-refractivity contribution in [2.75, 3.05) is 6.61 Å². The number of carbonyl (C=O) groups excluding carboxylic acids is 1. The lowest BCUT2D eigenvalue weighted by Crippen LogP contribution is -2.49. The topological polar surface area (TPSA) is 73.6 Å². The summed E-state index contributed by atoms with van der Waals surface area (Å²) in [7, 11) is 0. The number of nitrogens with one attached hydrogen (secondary N) is 1. The van der Waals surface area contributed by atoms with Gasteiger partial charge >= 0.3 is 0 Å². The summed E-state index contributed by atoms with van der Waals surface area (Å²) in [5, 5.41) is 3.07. The van der Waals surface area contributed by atoms with Crippen molar-refractivity contribution >= 4 is 5.91 Å². The van der Waals surface area contributed by atoms with Crippen molar-refractivity contribution in [2.45, 2.75) is 45.6 Å². The number of hydrogen-bond acceptors (Lipinski definition) is 4. The molecule has 0 bridgehead atoms. The average molecular weight is 447 g/mol. The quantitative estimate of drug-likeness (QED) is 0.430. The first kappa shape index (κ1) is 24.5. The van der Waals surface area contributed by atoms with Crippen LogP contribution in [0.3, 0.4) is 0 Å². The number of ether oxygens (including phenoxy) is 2. The van der Waals surface area contributed by atoms with Crippen molar-refractivity contribution in [3.05, 3.63) is 102 Å². The van der Waals surface area contributed by atoms with Crippen LogP contribution in [0.5, 0.6) is 5.75 Å². The average Bonchev–Trinajstić information content (AvgIpc) is 2.84. The first-order valence-corrected chi connectivity index (χ1v) is 11.4. The van der Waals surface area contributed by atoms with Gasteiger partial charge in [0, 0.05) is 0 Å². The van der Waals surface area contributed by atoms with Crippen LogP contribution in [0.4, 0.5) is 0 Å². The van der Waals surface area contributed by atoms with Gasteiger partial charge in [-0.1, -0.05) is 86.6 Å². The maximum atomic E-state index is 12.6. The molecule has 0 unspecified atom stereocenters. The molecule has 0 heterocycles. The Morgan fingerprint density at radius 1 is 0.818 bits per heavy atom. The molecule has 0 aliphatic carbocycles. The molecule has 0 fully saturated rings. The molecule has 174 valence electrons. The second-order valence-electron chi connectivity index (χ2n) is 8.60. The van der Waals surface area contributed by atoms with Crippen molar-refractivity contribution in [3.8, 4) is 5.75 Å². The van der Waals surface area contributed by atoms with Crippen LogP contribution >= 0.6 is 0 Å². The van der Waals surface area contributed by atoms with E-state index in [4.69, 9.17) is 15.2 Å². The number of amides is 1. The molecule has 0 spiro atoms. The van der Waals surface area contributed by atoms with Crippen LogP contribution < -0.4 is 15.8 Å². The number of rotatable bonds is 12. The highest BCUT2D eigenvalue weighted by molar-refractivity contribution is 5.82. The van der Waals surface area contributed by atoms with Crippen LogP contribution in [0.2, 0.25) is 0 Å². The van der Waals surface area contributed by atoms with Crippen molar-refractivity contribution < 1.29 is 14.3 Å². The molecule has 0 saturated heterocycles. The van der Waals surface area contributed by atoms with E-state index in [1.807, 2.05) is 98.8 Å². The third kappa shape index (κ3) is 8.37. The van der Waals surface area contributed by atoms with Gasteiger partial charge < -0.3 is 20.5 Å². The molecule has 0 aliphatic rings. The fraction of sp³-hybridized carbons (Fsp3) is 0.321. The van der Waals surface area contributed by atoms with Crippen LogP contribution in [-0.4, -0.2) is 24.6 Å². The largest absolute Gasteiger partial charge is 0.489 e. The molecule has 33 heavy (non-hydrogen) atoms. The molecular weight excluding hydrogens is 412 g/mol. The number of carbonyl (C=O) groups is 1. The third-order valence-electron chi connectivity index (χ3n) is 5.45. The summed E-state index contributed by atoms with van der Waals surface area (Å²) in [6.45, 7) is 5.31. The zero-order valence-electron chi connectivity index (χ0n) is 19.4. The smallest absolute Gasteiger partial charge is 0.237 e. The van der Waals surface area contributed by atoms with E-state index >= 15 is 0 Å². The van der Waals surface area contributed by atoms with E-state index in [9.17, 15) is 4.79 Å². The van der Waals surface area contributed by atoms with Gasteiger partial charge in [-0.25, -0.2) is 0 Å². The SMILES string of the molecule is CC(C)[C@H](N)C(=O)N[C@H](COCc1ccccc1)Cc1ccc(OCc2ccccc2)cc1. The van der Waals surface area contributed by atoms with Gasteiger partial charge in [-0.15, -0.1) is 0 Å². The molecule has 5 heteroatoms. The summed E-state index contributed by atoms with van der Waals surface area (Å²) in [5.74, 6) is 0.725. The zero-order chi connectivity index (χ0) is 23.5. The molecule has 0 saturated carbocycles. The van der Waals surface area contributed by atoms with Gasteiger partial charge in [-0.3, -0.25) is 4.79 Å². The molecule has 1 amide bonds. The maximum Gasteiger partial charge on any atom is 0.237 e. The van der Waals surface area contributed by atoms with Crippen LogP contribution in [0, 0.1) is 5.92 Å². The van der Waals surface area contributed by atoms with E-state index in [2.05, 4.69) is 5.32 Å². The molecule has 5 nitrogen and oxygen atoms in total. The summed E-state index contributed by atoms with van der Waals surface area (Å²) in [6, 6.07) is 27.3. The van der Waals surface area contributed by atoms with Gasteiger partial charge in [0.1, 0.15) is 12.4 Å². The van der Waals surface area contributed by atoms with Crippen LogP contribution in [-0.2, 0) is 29.2 Å². The van der Waals surface area contributed by atoms with E-state index in [1.54, 1.807) is 0 Å². The normalized spacial score (nSPS) is 12.8. The highest BCUT2D eigenvalue weighted by atomic mass is 16.5. The van der Waals surface area contributed by atoms with E-state index < -0.39 is 6.04 Å². The predicted octanol–water partition coefficient (Wildman–Crippen LogP) is 4.49. The molecule has 3 aromatic carbocycles. The molecule has 3 N–H and O–H groups in total. The Bertz CT molecular complexity index is 959. The van der Waals surface area contributed by atoms with Crippen molar-refractivity contribution in [1.29, 1.82) is 0 Å². The molecular formula is C28H34N2O3. The summed E-state index contributed by atoms with van der Waals surface area (Å²) in [4.78, 5) is 12.6. The highest BCUT2D eigenvalue weighted by Crippen LogP contribution is 2.16. The highest BCUT2D eigenvalue weighted by Gasteiger charge is 2.21. The second-order valence-corrected chi connectivity index (χ2v) is 8.60. The molecule has 0 radical (unpaired) electrons. The summed E-state index contributed by atoms with van der Waals surface area (Å²) >= 11 is 0. The Balaban J connectivity index is 1.58. The van der Waals surface area contributed by atoms with Crippen LogP contribution in [0.15, 0.2) is 84.9 Å². The first-order valence-electron chi connectivity index (χ1n) is 11.4. The zero-order valence-corrected chi connectivity index (χ0v) is 19.4. The fourth-order valence-electron chi connectivity index (χ4n) is 3.39. The molecule has 0 aromatic heterocycles. The standard InChI is InChI=1S/C28H34N2O3/c1-21(2)27(29)28(31)30-25(20-32-18-23-9-5-3-6-10-23)17-22-13-15-26(16-14-22)33-19-24-11-7-4-8-12-24/h3-16,21,25,27H,17-20,29H2,1-2H3,(H,30,31)/t25-,27-/m0/s1. The molecule has 3 rings (SSSR count). The van der Waals surface area contributed by atoms with Gasteiger partial charge in [0.25, 0.3) is 0 Å². The number of hydrogen-bond donors (Lipinski definition) is 2. The van der Waals surface area contributed by atoms with Gasteiger partial charge in [0.15, 0.2) is 0 Å². The monoisotopic (exact) mass is 446 g/mol. The lowest BCUT2D eigenvalue weighted by Gasteiger charge is -2.23. The summed E-state index contributed by atoms with van der Waals surface area (Å²) in [6.07, 6.45) is 0.643. The number of benzene rings is 3. The minimum atomic E-state index is -0.546. The van der Waals surface area contributed by atoms with Crippen LogP contribution in [0.1, 0.15) is 30.5 Å². The lowest BCUT2D eigenvalue weighted by atomic mass is 10.0. The Labute approximate surface area is 196 Å². The Morgan fingerprint density at radius 2 is 1.39 bits per heavy atom. The first-order chi connectivity index (χ1) is 16.0. The lowest BCUT2D eigenvalue weighted by molar-refractivity contribution is -0.124. The van der Waals surface area contributed by atoms with Crippen molar-refractivity contribution in [3.63, 3.8) is 0 Å². The van der Waals surface area contributed by atoms with E-state index in [1.165, 1.54) is 0 Å². The van der Waals surface area contributed by atoms with E-state index in [0.29, 0.717) is 26.2 Å². The van der Waals surface area contributed by atoms with E-state index in [-0.39, 0.29) is 17.9 Å². The van der Waals surface area contributed by atoms with Gasteiger partial charge in [0.05, 0.1) is 25.3 Å². The maximum absolute atomic E-state index is 12.6. The Hall–Kier alpha value is -3.15. The molecule has 2 atom stereocenters. The van der Waals surface area contributed by atoms with Gasteiger partial charge in [-0.2, -0.15) is 0 Å². The van der Waals surface area contributed by atoms with E-state index in [0.717, 1.165) is 22.4 Å². The second kappa shape index (κ2) is 12.8. The van der Waals surface area contributed by atoms with Crippen molar-refractivity contribution in [1.82, 2.24) is 5.32 Å². The number of nitrogens with two attached hydrogens (primary N) is 1.